The quantitative estimate of drug-likeness (QED) is 0.846. The second kappa shape index (κ2) is 6.27. The first-order chi connectivity index (χ1) is 10.9. The summed E-state index contributed by atoms with van der Waals surface area (Å²) < 4.78 is 1.70. The summed E-state index contributed by atoms with van der Waals surface area (Å²) in [5.41, 5.74) is 1.77. The Hall–Kier alpha value is -1.36. The van der Waals surface area contributed by atoms with Crippen molar-refractivity contribution in [1.29, 1.82) is 0 Å². The van der Waals surface area contributed by atoms with E-state index in [0.29, 0.717) is 6.61 Å². The third-order valence-corrected chi connectivity index (χ3v) is 5.40. The Bertz CT molecular complexity index is 562. The van der Waals surface area contributed by atoms with E-state index in [1.807, 2.05) is 13.8 Å². The predicted molar refractivity (Wildman–Crippen MR) is 88.5 cm³/mol. The van der Waals surface area contributed by atoms with Crippen LogP contribution >= 0.6 is 0 Å². The number of fused-ring (bicyclic) bond motifs is 1. The number of aromatic nitrogens is 2. The first-order valence-corrected chi connectivity index (χ1v) is 8.96. The van der Waals surface area contributed by atoms with Gasteiger partial charge in [-0.05, 0) is 48.5 Å². The molecule has 0 aliphatic carbocycles. The summed E-state index contributed by atoms with van der Waals surface area (Å²) in [6, 6.07) is 0. The van der Waals surface area contributed by atoms with Crippen molar-refractivity contribution in [3.05, 3.63) is 17.7 Å². The second-order valence-electron chi connectivity index (χ2n) is 7.69. The van der Waals surface area contributed by atoms with Crippen LogP contribution in [0.5, 0.6) is 5.75 Å². The van der Waals surface area contributed by atoms with E-state index in [1.54, 1.807) is 11.1 Å². The van der Waals surface area contributed by atoms with Gasteiger partial charge in [-0.25, -0.2) is 0 Å². The Labute approximate surface area is 139 Å². The van der Waals surface area contributed by atoms with Crippen molar-refractivity contribution in [2.24, 2.45) is 0 Å². The van der Waals surface area contributed by atoms with Gasteiger partial charge in [-0.1, -0.05) is 27.7 Å². The highest BCUT2D eigenvalue weighted by atomic mass is 16.7. The average molecular weight is 320 g/mol. The largest absolute Gasteiger partial charge is 0.501 e. The molecule has 2 fully saturated rings. The Kier molecular flexibility index (Phi) is 4.50. The minimum Gasteiger partial charge on any atom is -0.501 e. The van der Waals surface area contributed by atoms with Crippen LogP contribution in [0, 0.1) is 0 Å². The van der Waals surface area contributed by atoms with Crippen LogP contribution in [0.4, 0.5) is 0 Å². The van der Waals surface area contributed by atoms with Gasteiger partial charge in [0.25, 0.3) is 0 Å². The Morgan fingerprint density at radius 3 is 2.43 bits per heavy atom. The molecule has 23 heavy (non-hydrogen) atoms. The highest BCUT2D eigenvalue weighted by molar-refractivity contribution is 5.31. The van der Waals surface area contributed by atoms with E-state index in [-0.39, 0.29) is 23.1 Å². The average Bonchev–Trinajstić information content (AvgIpc) is 3.03. The number of hydrogen-bond acceptors (Lipinski definition) is 4. The lowest BCUT2D eigenvalue weighted by molar-refractivity contribution is -0.900. The molecule has 5 heteroatoms. The van der Waals surface area contributed by atoms with Crippen molar-refractivity contribution < 1.29 is 14.7 Å². The van der Waals surface area contributed by atoms with Crippen LogP contribution < -0.4 is 9.57 Å². The van der Waals surface area contributed by atoms with E-state index in [1.165, 1.54) is 38.8 Å². The van der Waals surface area contributed by atoms with Gasteiger partial charge in [0.1, 0.15) is 0 Å². The molecule has 0 saturated carbocycles. The van der Waals surface area contributed by atoms with Gasteiger partial charge in [0.2, 0.25) is 11.4 Å². The first kappa shape index (κ1) is 16.5. The summed E-state index contributed by atoms with van der Waals surface area (Å²) in [5, 5.41) is 10.6. The highest BCUT2D eigenvalue weighted by Gasteiger charge is 2.45. The Balaban J connectivity index is 1.84. The Morgan fingerprint density at radius 1 is 1.22 bits per heavy atom. The monoisotopic (exact) mass is 320 g/mol. The molecule has 0 unspecified atom stereocenters. The maximum absolute atomic E-state index is 10.6. The molecule has 0 spiro atoms. The molecule has 0 aromatic carbocycles. The number of nitrogens with zero attached hydrogens (tertiary/aromatic N) is 3. The maximum atomic E-state index is 10.6. The van der Waals surface area contributed by atoms with Crippen molar-refractivity contribution >= 4 is 0 Å². The molecule has 3 heterocycles. The minimum absolute atomic E-state index is 0.177. The maximum Gasteiger partial charge on any atom is 0.325 e. The molecule has 1 aromatic heterocycles. The summed E-state index contributed by atoms with van der Waals surface area (Å²) >= 11 is 0. The molecule has 3 rings (SSSR count). The van der Waals surface area contributed by atoms with E-state index in [4.69, 9.17) is 4.84 Å². The lowest BCUT2D eigenvalue weighted by atomic mass is 9.95. The van der Waals surface area contributed by atoms with Gasteiger partial charge in [0.15, 0.2) is 12.3 Å². The number of aromatic hydroxyl groups is 1. The third-order valence-electron chi connectivity index (χ3n) is 5.40. The fourth-order valence-corrected chi connectivity index (χ4v) is 4.18. The predicted octanol–water partition coefficient (Wildman–Crippen LogP) is 2.38. The zero-order valence-corrected chi connectivity index (χ0v) is 14.9. The summed E-state index contributed by atoms with van der Waals surface area (Å²) in [6.07, 6.45) is 6.69. The molecule has 5 nitrogen and oxygen atoms in total. The van der Waals surface area contributed by atoms with Crippen LogP contribution in [0.1, 0.15) is 76.6 Å². The van der Waals surface area contributed by atoms with Crippen molar-refractivity contribution in [3.63, 3.8) is 0 Å². The smallest absolute Gasteiger partial charge is 0.325 e. The fourth-order valence-electron chi connectivity index (χ4n) is 4.18. The molecule has 2 aliphatic heterocycles. The van der Waals surface area contributed by atoms with Crippen LogP contribution in [0.15, 0.2) is 6.33 Å². The molecule has 1 N–H and O–H groups in total. The zero-order chi connectivity index (χ0) is 16.6. The van der Waals surface area contributed by atoms with E-state index in [2.05, 4.69) is 23.7 Å². The normalized spacial score (nSPS) is 20.4. The number of rotatable bonds is 5. The van der Waals surface area contributed by atoms with E-state index in [0.717, 1.165) is 11.4 Å². The molecule has 0 radical (unpaired) electrons. The van der Waals surface area contributed by atoms with Gasteiger partial charge in [-0.15, -0.1) is 0 Å². The van der Waals surface area contributed by atoms with Gasteiger partial charge in [0, 0.05) is 11.8 Å². The second-order valence-corrected chi connectivity index (χ2v) is 7.69. The molecular weight excluding hydrogens is 290 g/mol. The lowest BCUT2D eigenvalue weighted by Crippen LogP contribution is -2.55. The van der Waals surface area contributed by atoms with Gasteiger partial charge in [-0.3, -0.25) is 4.90 Å². The SMILES string of the molecule is CC(C)c1nc[n+](OCC23CCCN2CCC3)c(C(C)C)c1O. The van der Waals surface area contributed by atoms with Crippen LogP contribution in [0.2, 0.25) is 0 Å². The molecule has 2 saturated heterocycles. The topological polar surface area (TPSA) is 49.5 Å². The highest BCUT2D eigenvalue weighted by Crippen LogP contribution is 2.38. The lowest BCUT2D eigenvalue weighted by Gasteiger charge is -2.30. The molecule has 0 atom stereocenters. The minimum atomic E-state index is 0.177. The van der Waals surface area contributed by atoms with Gasteiger partial charge in [0.05, 0.1) is 5.54 Å². The zero-order valence-electron chi connectivity index (χ0n) is 14.9. The molecule has 1 aromatic rings. The van der Waals surface area contributed by atoms with Crippen LogP contribution in [0.25, 0.3) is 0 Å². The van der Waals surface area contributed by atoms with Crippen molar-refractivity contribution in [1.82, 2.24) is 9.88 Å². The van der Waals surface area contributed by atoms with Crippen LogP contribution in [-0.2, 0) is 0 Å². The Morgan fingerprint density at radius 2 is 1.87 bits per heavy atom. The van der Waals surface area contributed by atoms with Crippen LogP contribution in [-0.4, -0.2) is 40.2 Å². The van der Waals surface area contributed by atoms with Gasteiger partial charge < -0.3 is 9.94 Å². The summed E-state index contributed by atoms with van der Waals surface area (Å²) in [4.78, 5) is 13.2. The first-order valence-electron chi connectivity index (χ1n) is 8.96. The van der Waals surface area contributed by atoms with E-state index in [9.17, 15) is 5.11 Å². The number of hydrogen-bond donors (Lipinski definition) is 1. The van der Waals surface area contributed by atoms with Crippen LogP contribution in [0.3, 0.4) is 0 Å². The fraction of sp³-hybridized carbons (Fsp3) is 0.778. The van der Waals surface area contributed by atoms with Gasteiger partial charge >= 0.3 is 6.33 Å². The molecule has 0 bridgehead atoms. The summed E-state index contributed by atoms with van der Waals surface area (Å²) in [6.45, 7) is 11.3. The molecular formula is C18H30N3O2+. The molecule has 0 amide bonds. The molecule has 128 valence electrons. The summed E-state index contributed by atoms with van der Waals surface area (Å²) in [5.74, 6) is 0.654. The summed E-state index contributed by atoms with van der Waals surface area (Å²) in [7, 11) is 0. The van der Waals surface area contributed by atoms with Gasteiger partial charge in [-0.2, -0.15) is 0 Å². The van der Waals surface area contributed by atoms with E-state index >= 15 is 0 Å². The standard InChI is InChI=1S/C18H29N3O2/c1-13(2)15-17(22)16(14(3)4)21(12-19-15)23-11-18-7-5-9-20(18)10-6-8-18/h12-14H,5-11H2,1-4H3/p+1. The van der Waals surface area contributed by atoms with E-state index < -0.39 is 0 Å². The third kappa shape index (κ3) is 2.91. The van der Waals surface area contributed by atoms with Crippen molar-refractivity contribution in [3.8, 4) is 5.75 Å². The van der Waals surface area contributed by atoms with Crippen molar-refractivity contribution in [2.75, 3.05) is 19.7 Å². The molecule has 2 aliphatic rings. The van der Waals surface area contributed by atoms with Crippen molar-refractivity contribution in [2.45, 2.75) is 70.8 Å².